The van der Waals surface area contributed by atoms with E-state index in [1.165, 1.54) is 5.57 Å². The third kappa shape index (κ3) is 4.38. The lowest BCUT2D eigenvalue weighted by Crippen LogP contribution is -2.48. The topological polar surface area (TPSA) is 87.2 Å². The number of carbonyl (C=O) groups is 2. The van der Waals surface area contributed by atoms with Gasteiger partial charge in [-0.3, -0.25) is 9.59 Å². The number of pyridine rings is 1. The first kappa shape index (κ1) is 21.0. The van der Waals surface area contributed by atoms with E-state index < -0.39 is 0 Å². The monoisotopic (exact) mass is 449 g/mol. The summed E-state index contributed by atoms with van der Waals surface area (Å²) in [5.74, 6) is 0.766. The van der Waals surface area contributed by atoms with Gasteiger partial charge in [0.15, 0.2) is 0 Å². The molecule has 2 aromatic rings. The Labute approximate surface area is 191 Å². The van der Waals surface area contributed by atoms with E-state index in [4.69, 9.17) is 0 Å². The highest BCUT2D eigenvalue weighted by Crippen LogP contribution is 2.39. The van der Waals surface area contributed by atoms with Crippen LogP contribution in [0.25, 0.3) is 12.2 Å². The van der Waals surface area contributed by atoms with Crippen molar-refractivity contribution in [3.63, 3.8) is 0 Å². The fourth-order valence-corrected chi connectivity index (χ4v) is 5.31. The van der Waals surface area contributed by atoms with Crippen LogP contribution in [0.15, 0.2) is 34.8 Å². The lowest BCUT2D eigenvalue weighted by molar-refractivity contribution is -0.127. The maximum atomic E-state index is 12.7. The lowest BCUT2D eigenvalue weighted by atomic mass is 9.71. The van der Waals surface area contributed by atoms with Crippen LogP contribution in [-0.2, 0) is 16.0 Å². The molecule has 3 aliphatic rings. The predicted molar refractivity (Wildman–Crippen MR) is 126 cm³/mol. The first-order chi connectivity index (χ1) is 15.6. The van der Waals surface area contributed by atoms with E-state index in [0.717, 1.165) is 68.7 Å². The summed E-state index contributed by atoms with van der Waals surface area (Å²) in [6.07, 6.45) is 11.5. The number of rotatable bonds is 3. The van der Waals surface area contributed by atoms with Gasteiger partial charge in [-0.15, -0.1) is 11.3 Å². The van der Waals surface area contributed by atoms with Crippen molar-refractivity contribution in [3.8, 4) is 0 Å². The molecule has 0 radical (unpaired) electrons. The molecule has 32 heavy (non-hydrogen) atoms. The van der Waals surface area contributed by atoms with Crippen molar-refractivity contribution >= 4 is 41.1 Å². The number of carbonyl (C=O) groups excluding carboxylic acids is 2. The smallest absolute Gasteiger partial charge is 0.246 e. The molecule has 2 fully saturated rings. The zero-order chi connectivity index (χ0) is 22.0. The average Bonchev–Trinajstić information content (AvgIpc) is 3.32. The third-order valence-electron chi connectivity index (χ3n) is 6.73. The number of fused-ring (bicyclic) bond motifs is 1. The molecular weight excluding hydrogens is 422 g/mol. The molecule has 2 amide bonds. The molecule has 7 nitrogen and oxygen atoms in total. The Hall–Kier alpha value is -2.84. The minimum Gasteiger partial charge on any atom is -0.339 e. The second-order valence-electron chi connectivity index (χ2n) is 8.81. The van der Waals surface area contributed by atoms with E-state index in [9.17, 15) is 9.59 Å². The maximum absolute atomic E-state index is 12.7. The van der Waals surface area contributed by atoms with Crippen LogP contribution in [0.2, 0.25) is 0 Å². The van der Waals surface area contributed by atoms with Crippen LogP contribution in [0.1, 0.15) is 42.5 Å². The summed E-state index contributed by atoms with van der Waals surface area (Å²) in [7, 11) is 0. The van der Waals surface area contributed by atoms with Crippen LogP contribution >= 0.6 is 11.3 Å². The number of hydrogen-bond donors (Lipinski definition) is 2. The molecule has 166 valence electrons. The van der Waals surface area contributed by atoms with Gasteiger partial charge in [-0.2, -0.15) is 0 Å². The van der Waals surface area contributed by atoms with Crippen molar-refractivity contribution in [2.75, 3.05) is 31.5 Å². The maximum Gasteiger partial charge on any atom is 0.246 e. The molecule has 0 atom stereocenters. The minimum absolute atomic E-state index is 0.0264. The second-order valence-corrected chi connectivity index (χ2v) is 9.53. The molecule has 8 heteroatoms. The molecule has 1 spiro atoms. The van der Waals surface area contributed by atoms with Gasteiger partial charge in [-0.1, -0.05) is 5.57 Å². The lowest BCUT2D eigenvalue weighted by Gasteiger charge is -2.39. The summed E-state index contributed by atoms with van der Waals surface area (Å²) in [4.78, 5) is 36.0. The van der Waals surface area contributed by atoms with Gasteiger partial charge in [-0.05, 0) is 74.5 Å². The fourth-order valence-electron chi connectivity index (χ4n) is 4.80. The number of nitrogens with one attached hydrogen (secondary N) is 2. The zero-order valence-corrected chi connectivity index (χ0v) is 18.8. The van der Waals surface area contributed by atoms with Crippen molar-refractivity contribution in [2.45, 2.75) is 32.1 Å². The number of hydrogen-bond acceptors (Lipinski definition) is 6. The van der Waals surface area contributed by atoms with Gasteiger partial charge in [0.1, 0.15) is 5.82 Å². The van der Waals surface area contributed by atoms with Gasteiger partial charge < -0.3 is 15.5 Å². The molecule has 2 aromatic heterocycles. The standard InChI is InChI=1S/C24H27N5O2S/c30-21(29-9-3-17(4-10-29)12-20-15-32-16-27-20)2-1-18-11-19-13-24(5-7-25-8-6-24)23(31)28-22(19)26-14-18/h1-2,11-12,14-16,25H,3-10,13H2,(H,26,28,31). The Balaban J connectivity index is 1.22. The van der Waals surface area contributed by atoms with Crippen molar-refractivity contribution in [3.05, 3.63) is 51.6 Å². The SMILES string of the molecule is O=C(C=Cc1cnc2c(c1)CC1(CCNCC1)C(=O)N2)N1CCC(=Cc2cscn2)CC1. The van der Waals surface area contributed by atoms with E-state index in [0.29, 0.717) is 12.2 Å². The van der Waals surface area contributed by atoms with Crippen molar-refractivity contribution in [1.29, 1.82) is 0 Å². The van der Waals surface area contributed by atoms with Gasteiger partial charge in [0.25, 0.3) is 0 Å². The van der Waals surface area contributed by atoms with Crippen LogP contribution in [0.4, 0.5) is 5.82 Å². The van der Waals surface area contributed by atoms with Crippen LogP contribution in [0, 0.1) is 5.41 Å². The zero-order valence-electron chi connectivity index (χ0n) is 18.0. The Bertz CT molecular complexity index is 1060. The van der Waals surface area contributed by atoms with Crippen molar-refractivity contribution in [2.24, 2.45) is 5.41 Å². The average molecular weight is 450 g/mol. The number of amides is 2. The predicted octanol–water partition coefficient (Wildman–Crippen LogP) is 3.12. The normalized spacial score (nSPS) is 20.3. The second kappa shape index (κ2) is 8.96. The highest BCUT2D eigenvalue weighted by Gasteiger charge is 2.43. The van der Waals surface area contributed by atoms with Gasteiger partial charge in [0.2, 0.25) is 11.8 Å². The first-order valence-electron chi connectivity index (χ1n) is 11.2. The van der Waals surface area contributed by atoms with Crippen molar-refractivity contribution < 1.29 is 9.59 Å². The third-order valence-corrected chi connectivity index (χ3v) is 7.33. The highest BCUT2D eigenvalue weighted by atomic mass is 32.1. The summed E-state index contributed by atoms with van der Waals surface area (Å²) in [5.41, 5.74) is 5.79. The summed E-state index contributed by atoms with van der Waals surface area (Å²) in [5, 5.41) is 8.37. The molecule has 5 heterocycles. The number of piperidine rings is 2. The molecule has 0 bridgehead atoms. The quantitative estimate of drug-likeness (QED) is 0.703. The molecular formula is C24H27N5O2S. The van der Waals surface area contributed by atoms with Gasteiger partial charge in [-0.25, -0.2) is 9.97 Å². The van der Waals surface area contributed by atoms with E-state index >= 15 is 0 Å². The first-order valence-corrected chi connectivity index (χ1v) is 12.1. The van der Waals surface area contributed by atoms with Gasteiger partial charge in [0, 0.05) is 30.7 Å². The van der Waals surface area contributed by atoms with Crippen LogP contribution in [0.3, 0.4) is 0 Å². The number of likely N-dealkylation sites (tertiary alicyclic amines) is 1. The minimum atomic E-state index is -0.338. The summed E-state index contributed by atoms with van der Waals surface area (Å²) < 4.78 is 0. The van der Waals surface area contributed by atoms with Crippen LogP contribution in [0.5, 0.6) is 0 Å². The van der Waals surface area contributed by atoms with Gasteiger partial charge >= 0.3 is 0 Å². The van der Waals surface area contributed by atoms with Crippen LogP contribution in [-0.4, -0.2) is 52.9 Å². The van der Waals surface area contributed by atoms with Gasteiger partial charge in [0.05, 0.1) is 16.6 Å². The van der Waals surface area contributed by atoms with Crippen LogP contribution < -0.4 is 10.6 Å². The number of thiazole rings is 1. The highest BCUT2D eigenvalue weighted by molar-refractivity contribution is 7.07. The fraction of sp³-hybridized carbons (Fsp3) is 0.417. The van der Waals surface area contributed by atoms with E-state index in [2.05, 4.69) is 32.7 Å². The number of anilines is 1. The molecule has 5 rings (SSSR count). The Morgan fingerprint density at radius 1 is 1.19 bits per heavy atom. The molecule has 0 saturated carbocycles. The van der Waals surface area contributed by atoms with E-state index in [-0.39, 0.29) is 17.2 Å². The molecule has 2 saturated heterocycles. The molecule has 3 aliphatic heterocycles. The largest absolute Gasteiger partial charge is 0.339 e. The Morgan fingerprint density at radius 3 is 2.75 bits per heavy atom. The van der Waals surface area contributed by atoms with Crippen molar-refractivity contribution in [1.82, 2.24) is 20.2 Å². The summed E-state index contributed by atoms with van der Waals surface area (Å²) in [6.45, 7) is 3.18. The molecule has 0 aromatic carbocycles. The summed E-state index contributed by atoms with van der Waals surface area (Å²) >= 11 is 1.60. The Morgan fingerprint density at radius 2 is 2.00 bits per heavy atom. The number of aromatic nitrogens is 2. The van der Waals surface area contributed by atoms with E-state index in [1.807, 2.05) is 21.9 Å². The van der Waals surface area contributed by atoms with E-state index in [1.54, 1.807) is 23.6 Å². The molecule has 0 aliphatic carbocycles. The molecule has 0 unspecified atom stereocenters. The summed E-state index contributed by atoms with van der Waals surface area (Å²) in [6, 6.07) is 2.06. The molecule has 2 N–H and O–H groups in total. The Kier molecular flexibility index (Phi) is 5.89. The number of nitrogens with zero attached hydrogens (tertiary/aromatic N) is 3.